The van der Waals surface area contributed by atoms with Crippen LogP contribution in [-0.2, 0) is 6.54 Å². The van der Waals surface area contributed by atoms with E-state index in [9.17, 15) is 8.78 Å². The summed E-state index contributed by atoms with van der Waals surface area (Å²) in [7, 11) is 0. The molecule has 0 aliphatic carbocycles. The molecule has 0 aliphatic rings. The number of hydrogen-bond donors (Lipinski definition) is 1. The summed E-state index contributed by atoms with van der Waals surface area (Å²) in [6, 6.07) is 3.88. The van der Waals surface area contributed by atoms with Crippen LogP contribution in [0.5, 0.6) is 0 Å². The van der Waals surface area contributed by atoms with E-state index >= 15 is 0 Å². The van der Waals surface area contributed by atoms with Crippen molar-refractivity contribution in [2.45, 2.75) is 39.8 Å². The Kier molecular flexibility index (Phi) is 4.20. The van der Waals surface area contributed by atoms with Crippen LogP contribution in [0, 0.1) is 18.6 Å². The van der Waals surface area contributed by atoms with Gasteiger partial charge in [-0.2, -0.15) is 0 Å². The quantitative estimate of drug-likeness (QED) is 0.914. The zero-order valence-electron chi connectivity index (χ0n) is 12.1. The number of hydrogen-bond acceptors (Lipinski definition) is 3. The van der Waals surface area contributed by atoms with Gasteiger partial charge in [0.2, 0.25) is 0 Å². The van der Waals surface area contributed by atoms with Gasteiger partial charge in [-0.25, -0.2) is 13.8 Å². The molecular weight excluding hydrogens is 278 g/mol. The maximum absolute atomic E-state index is 13.3. The van der Waals surface area contributed by atoms with Crippen molar-refractivity contribution in [3.05, 3.63) is 40.4 Å². The van der Waals surface area contributed by atoms with Crippen molar-refractivity contribution in [3.63, 3.8) is 0 Å². The van der Waals surface area contributed by atoms with Crippen molar-refractivity contribution in [2.75, 3.05) is 0 Å². The van der Waals surface area contributed by atoms with Crippen LogP contribution < -0.4 is 5.32 Å². The summed E-state index contributed by atoms with van der Waals surface area (Å²) < 4.78 is 26.2. The third-order valence-electron chi connectivity index (χ3n) is 2.84. The molecule has 2 rings (SSSR count). The Morgan fingerprint density at radius 3 is 2.50 bits per heavy atom. The van der Waals surface area contributed by atoms with Crippen LogP contribution in [0.15, 0.2) is 18.2 Å². The number of aromatic nitrogens is 1. The Morgan fingerprint density at radius 1 is 1.20 bits per heavy atom. The molecular formula is C15H18F2N2S. The maximum Gasteiger partial charge on any atom is 0.159 e. The Balaban J connectivity index is 2.24. The first-order chi connectivity index (χ1) is 9.26. The first-order valence-corrected chi connectivity index (χ1v) is 7.25. The van der Waals surface area contributed by atoms with Crippen LogP contribution in [0.1, 0.15) is 31.3 Å². The van der Waals surface area contributed by atoms with E-state index in [0.717, 1.165) is 23.2 Å². The van der Waals surface area contributed by atoms with Gasteiger partial charge in [-0.15, -0.1) is 11.3 Å². The molecule has 0 unspecified atom stereocenters. The molecule has 108 valence electrons. The van der Waals surface area contributed by atoms with Crippen LogP contribution in [0.3, 0.4) is 0 Å². The molecule has 0 bridgehead atoms. The second kappa shape index (κ2) is 5.58. The Hall–Kier alpha value is -1.33. The van der Waals surface area contributed by atoms with Gasteiger partial charge in [0.15, 0.2) is 11.6 Å². The molecule has 1 N–H and O–H groups in total. The normalized spacial score (nSPS) is 11.9. The minimum Gasteiger partial charge on any atom is -0.307 e. The predicted molar refractivity (Wildman–Crippen MR) is 78.8 cm³/mol. The van der Waals surface area contributed by atoms with Crippen molar-refractivity contribution in [3.8, 4) is 10.6 Å². The monoisotopic (exact) mass is 296 g/mol. The number of halogens is 2. The second-order valence-electron chi connectivity index (χ2n) is 5.76. The topological polar surface area (TPSA) is 24.9 Å². The number of rotatable bonds is 3. The summed E-state index contributed by atoms with van der Waals surface area (Å²) in [5, 5.41) is 4.12. The summed E-state index contributed by atoms with van der Waals surface area (Å²) in [6.07, 6.45) is 0. The first-order valence-electron chi connectivity index (χ1n) is 6.43. The average Bonchev–Trinajstić information content (AvgIpc) is 2.71. The highest BCUT2D eigenvalue weighted by molar-refractivity contribution is 7.15. The van der Waals surface area contributed by atoms with E-state index in [2.05, 4.69) is 31.1 Å². The van der Waals surface area contributed by atoms with E-state index in [-0.39, 0.29) is 5.54 Å². The highest BCUT2D eigenvalue weighted by Gasteiger charge is 2.14. The second-order valence-corrected chi connectivity index (χ2v) is 6.84. The Morgan fingerprint density at radius 2 is 1.90 bits per heavy atom. The summed E-state index contributed by atoms with van der Waals surface area (Å²) in [4.78, 5) is 5.55. The van der Waals surface area contributed by atoms with E-state index < -0.39 is 11.6 Å². The van der Waals surface area contributed by atoms with Gasteiger partial charge < -0.3 is 5.32 Å². The third kappa shape index (κ3) is 3.61. The molecule has 0 amide bonds. The summed E-state index contributed by atoms with van der Waals surface area (Å²) >= 11 is 1.51. The molecule has 0 spiro atoms. The SMILES string of the molecule is Cc1nc(-c2ccc(F)c(F)c2)sc1CNC(C)(C)C. The Labute approximate surface area is 121 Å². The van der Waals surface area contributed by atoms with E-state index in [4.69, 9.17) is 0 Å². The third-order valence-corrected chi connectivity index (χ3v) is 4.04. The van der Waals surface area contributed by atoms with Gasteiger partial charge in [0.25, 0.3) is 0 Å². The van der Waals surface area contributed by atoms with Gasteiger partial charge in [-0.05, 0) is 45.9 Å². The van der Waals surface area contributed by atoms with Crippen LogP contribution in [0.25, 0.3) is 10.6 Å². The molecule has 0 fully saturated rings. The van der Waals surface area contributed by atoms with Crippen LogP contribution in [-0.4, -0.2) is 10.5 Å². The van der Waals surface area contributed by atoms with Crippen molar-refractivity contribution < 1.29 is 8.78 Å². The van der Waals surface area contributed by atoms with Crippen molar-refractivity contribution in [1.29, 1.82) is 0 Å². The molecule has 2 aromatic rings. The molecule has 0 aliphatic heterocycles. The molecule has 2 nitrogen and oxygen atoms in total. The van der Waals surface area contributed by atoms with Gasteiger partial charge in [-0.3, -0.25) is 0 Å². The Bertz CT molecular complexity index is 615. The molecule has 1 aromatic heterocycles. The van der Waals surface area contributed by atoms with E-state index in [1.54, 1.807) is 6.07 Å². The number of aryl methyl sites for hydroxylation is 1. The lowest BCUT2D eigenvalue weighted by Crippen LogP contribution is -2.34. The minimum absolute atomic E-state index is 0.0264. The number of thiazole rings is 1. The fourth-order valence-corrected chi connectivity index (χ4v) is 2.69. The maximum atomic E-state index is 13.3. The summed E-state index contributed by atoms with van der Waals surface area (Å²) in [6.45, 7) is 8.94. The number of nitrogens with one attached hydrogen (secondary N) is 1. The fourth-order valence-electron chi connectivity index (χ4n) is 1.69. The standard InChI is InChI=1S/C15H18F2N2S/c1-9-13(8-18-15(2,3)4)20-14(19-9)10-5-6-11(16)12(17)7-10/h5-7,18H,8H2,1-4H3. The molecule has 20 heavy (non-hydrogen) atoms. The molecule has 1 aromatic carbocycles. The van der Waals surface area contributed by atoms with Gasteiger partial charge in [0, 0.05) is 22.5 Å². The van der Waals surface area contributed by atoms with Crippen LogP contribution in [0.2, 0.25) is 0 Å². The summed E-state index contributed by atoms with van der Waals surface area (Å²) in [5.41, 5.74) is 1.56. The highest BCUT2D eigenvalue weighted by atomic mass is 32.1. The van der Waals surface area contributed by atoms with E-state index in [1.165, 1.54) is 17.4 Å². The molecule has 0 saturated heterocycles. The zero-order chi connectivity index (χ0) is 14.9. The largest absolute Gasteiger partial charge is 0.307 e. The summed E-state index contributed by atoms with van der Waals surface area (Å²) in [5.74, 6) is -1.68. The van der Waals surface area contributed by atoms with Crippen molar-refractivity contribution in [2.24, 2.45) is 0 Å². The average molecular weight is 296 g/mol. The van der Waals surface area contributed by atoms with Crippen LogP contribution in [0.4, 0.5) is 8.78 Å². The zero-order valence-corrected chi connectivity index (χ0v) is 12.9. The molecule has 0 radical (unpaired) electrons. The van der Waals surface area contributed by atoms with Gasteiger partial charge in [-0.1, -0.05) is 0 Å². The number of nitrogens with zero attached hydrogens (tertiary/aromatic N) is 1. The molecule has 5 heteroatoms. The molecule has 0 saturated carbocycles. The fraction of sp³-hybridized carbons (Fsp3) is 0.400. The predicted octanol–water partition coefficient (Wildman–Crippen LogP) is 4.28. The van der Waals surface area contributed by atoms with Crippen molar-refractivity contribution in [1.82, 2.24) is 10.3 Å². The number of benzene rings is 1. The van der Waals surface area contributed by atoms with E-state index in [0.29, 0.717) is 10.6 Å². The minimum atomic E-state index is -0.843. The van der Waals surface area contributed by atoms with Crippen LogP contribution >= 0.6 is 11.3 Å². The first kappa shape index (κ1) is 15.1. The van der Waals surface area contributed by atoms with Gasteiger partial charge >= 0.3 is 0 Å². The lowest BCUT2D eigenvalue weighted by Gasteiger charge is -2.19. The van der Waals surface area contributed by atoms with Gasteiger partial charge in [0.1, 0.15) is 5.01 Å². The highest BCUT2D eigenvalue weighted by Crippen LogP contribution is 2.29. The smallest absolute Gasteiger partial charge is 0.159 e. The van der Waals surface area contributed by atoms with Crippen molar-refractivity contribution >= 4 is 11.3 Å². The molecule has 0 atom stereocenters. The van der Waals surface area contributed by atoms with Gasteiger partial charge in [0.05, 0.1) is 5.69 Å². The lowest BCUT2D eigenvalue weighted by atomic mass is 10.1. The van der Waals surface area contributed by atoms with E-state index in [1.807, 2.05) is 6.92 Å². The molecule has 1 heterocycles. The lowest BCUT2D eigenvalue weighted by molar-refractivity contribution is 0.425.